The molecule has 0 saturated carbocycles. The summed E-state index contributed by atoms with van der Waals surface area (Å²) in [5.74, 6) is 0.458. The van der Waals surface area contributed by atoms with Crippen molar-refractivity contribution in [3.63, 3.8) is 0 Å². The summed E-state index contributed by atoms with van der Waals surface area (Å²) < 4.78 is 5.48. The lowest BCUT2D eigenvalue weighted by atomic mass is 9.89. The Hall–Kier alpha value is -2.00. The van der Waals surface area contributed by atoms with E-state index in [0.29, 0.717) is 10.8 Å². The van der Waals surface area contributed by atoms with E-state index in [2.05, 4.69) is 23.5 Å². The summed E-state index contributed by atoms with van der Waals surface area (Å²) >= 11 is 5.90. The predicted octanol–water partition coefficient (Wildman–Crippen LogP) is 4.48. The highest BCUT2D eigenvalue weighted by atomic mass is 35.5. The van der Waals surface area contributed by atoms with Crippen LogP contribution in [0.15, 0.2) is 42.5 Å². The first-order chi connectivity index (χ1) is 11.6. The normalized spacial score (nSPS) is 14.6. The molecule has 0 heterocycles. The van der Waals surface area contributed by atoms with Crippen molar-refractivity contribution in [2.24, 2.45) is 0 Å². The van der Waals surface area contributed by atoms with Gasteiger partial charge in [0.25, 0.3) is 5.91 Å². The van der Waals surface area contributed by atoms with Crippen molar-refractivity contribution in [2.45, 2.75) is 38.6 Å². The van der Waals surface area contributed by atoms with Crippen LogP contribution >= 0.6 is 11.6 Å². The average Bonchev–Trinajstić information content (AvgIpc) is 2.59. The highest BCUT2D eigenvalue weighted by molar-refractivity contribution is 6.30. The quantitative estimate of drug-likeness (QED) is 0.869. The van der Waals surface area contributed by atoms with E-state index in [4.69, 9.17) is 16.3 Å². The minimum absolute atomic E-state index is 0.0182. The zero-order valence-corrected chi connectivity index (χ0v) is 14.6. The minimum Gasteiger partial charge on any atom is -0.484 e. The maximum absolute atomic E-state index is 12.1. The summed E-state index contributed by atoms with van der Waals surface area (Å²) in [4.78, 5) is 12.1. The third-order valence-electron chi connectivity index (χ3n) is 4.42. The lowest BCUT2D eigenvalue weighted by molar-refractivity contribution is -0.123. The van der Waals surface area contributed by atoms with Crippen LogP contribution in [0, 0.1) is 0 Å². The Balaban J connectivity index is 1.56. The number of rotatable bonds is 5. The third kappa shape index (κ3) is 4.30. The molecule has 24 heavy (non-hydrogen) atoms. The van der Waals surface area contributed by atoms with Crippen LogP contribution in [0.5, 0.6) is 5.75 Å². The number of fused-ring (bicyclic) bond motifs is 1. The van der Waals surface area contributed by atoms with E-state index in [9.17, 15) is 4.79 Å². The molecule has 3 rings (SSSR count). The van der Waals surface area contributed by atoms with Gasteiger partial charge >= 0.3 is 0 Å². The van der Waals surface area contributed by atoms with E-state index < -0.39 is 0 Å². The standard InChI is InChI=1S/C20H22ClNO2/c1-14(16-10-9-15-5-2-3-6-17(15)11-16)22-20(23)13-24-19-8-4-7-18(21)12-19/h4,7-12,14H,2-3,5-6,13H2,1H3,(H,22,23). The Morgan fingerprint density at radius 2 is 1.96 bits per heavy atom. The number of carbonyl (C=O) groups excluding carboxylic acids is 1. The first-order valence-corrected chi connectivity index (χ1v) is 8.79. The van der Waals surface area contributed by atoms with Gasteiger partial charge in [0, 0.05) is 5.02 Å². The Morgan fingerprint density at radius 3 is 2.75 bits per heavy atom. The van der Waals surface area contributed by atoms with Crippen LogP contribution in [-0.4, -0.2) is 12.5 Å². The number of aryl methyl sites for hydroxylation is 2. The van der Waals surface area contributed by atoms with E-state index in [1.54, 1.807) is 24.3 Å². The molecule has 0 spiro atoms. The fourth-order valence-electron chi connectivity index (χ4n) is 3.09. The first-order valence-electron chi connectivity index (χ1n) is 8.41. The number of carbonyl (C=O) groups is 1. The molecule has 3 nitrogen and oxygen atoms in total. The summed E-state index contributed by atoms with van der Waals surface area (Å²) in [7, 11) is 0. The van der Waals surface area contributed by atoms with Crippen LogP contribution in [0.1, 0.15) is 42.5 Å². The number of nitrogens with one attached hydrogen (secondary N) is 1. The second-order valence-corrected chi connectivity index (χ2v) is 6.71. The molecule has 1 aliphatic carbocycles. The van der Waals surface area contributed by atoms with Crippen LogP contribution in [0.4, 0.5) is 0 Å². The smallest absolute Gasteiger partial charge is 0.258 e. The van der Waals surface area contributed by atoms with Crippen LogP contribution in [0.25, 0.3) is 0 Å². The van der Waals surface area contributed by atoms with E-state index in [1.165, 1.54) is 30.4 Å². The molecule has 2 aromatic carbocycles. The van der Waals surface area contributed by atoms with E-state index in [1.807, 2.05) is 6.92 Å². The first kappa shape index (κ1) is 16.8. The largest absolute Gasteiger partial charge is 0.484 e. The Kier molecular flexibility index (Phi) is 5.41. The zero-order chi connectivity index (χ0) is 16.9. The molecule has 1 N–H and O–H groups in total. The molecule has 0 aliphatic heterocycles. The van der Waals surface area contributed by atoms with E-state index in [-0.39, 0.29) is 18.6 Å². The van der Waals surface area contributed by atoms with E-state index in [0.717, 1.165) is 12.0 Å². The van der Waals surface area contributed by atoms with Gasteiger partial charge in [-0.25, -0.2) is 0 Å². The van der Waals surface area contributed by atoms with Crippen molar-refractivity contribution in [1.29, 1.82) is 0 Å². The number of ether oxygens (including phenoxy) is 1. The molecule has 1 unspecified atom stereocenters. The molecule has 2 aromatic rings. The summed E-state index contributed by atoms with van der Waals surface area (Å²) in [6.07, 6.45) is 4.84. The monoisotopic (exact) mass is 343 g/mol. The summed E-state index contributed by atoms with van der Waals surface area (Å²) in [5.41, 5.74) is 4.02. The number of halogens is 1. The van der Waals surface area contributed by atoms with Gasteiger partial charge in [-0.2, -0.15) is 0 Å². The van der Waals surface area contributed by atoms with Gasteiger partial charge < -0.3 is 10.1 Å². The molecule has 0 fully saturated rings. The molecule has 4 heteroatoms. The summed E-state index contributed by atoms with van der Waals surface area (Å²) in [6, 6.07) is 13.6. The SMILES string of the molecule is CC(NC(=O)COc1cccc(Cl)c1)c1ccc2c(c1)CCCC2. The van der Waals surface area contributed by atoms with Gasteiger partial charge in [-0.05, 0) is 67.5 Å². The Bertz CT molecular complexity index is 729. The maximum Gasteiger partial charge on any atom is 0.258 e. The molecule has 1 amide bonds. The molecule has 0 aromatic heterocycles. The van der Waals surface area contributed by atoms with E-state index >= 15 is 0 Å². The summed E-state index contributed by atoms with van der Waals surface area (Å²) in [5, 5.41) is 3.58. The lowest BCUT2D eigenvalue weighted by Gasteiger charge is -2.20. The highest BCUT2D eigenvalue weighted by Crippen LogP contribution is 2.24. The van der Waals surface area contributed by atoms with Crippen LogP contribution < -0.4 is 10.1 Å². The molecule has 0 bridgehead atoms. The Labute approximate surface area is 148 Å². The molecule has 1 atom stereocenters. The van der Waals surface area contributed by atoms with Gasteiger partial charge in [0.1, 0.15) is 5.75 Å². The van der Waals surface area contributed by atoms with Crippen LogP contribution in [-0.2, 0) is 17.6 Å². The highest BCUT2D eigenvalue weighted by Gasteiger charge is 2.14. The van der Waals surface area contributed by atoms with Gasteiger partial charge in [0.2, 0.25) is 0 Å². The molecule has 0 radical (unpaired) electrons. The van der Waals surface area contributed by atoms with Crippen LogP contribution in [0.3, 0.4) is 0 Å². The number of amides is 1. The van der Waals surface area contributed by atoms with Gasteiger partial charge in [-0.1, -0.05) is 35.9 Å². The number of hydrogen-bond acceptors (Lipinski definition) is 2. The minimum atomic E-state index is -0.139. The Morgan fingerprint density at radius 1 is 1.17 bits per heavy atom. The maximum atomic E-state index is 12.1. The fourth-order valence-corrected chi connectivity index (χ4v) is 3.28. The number of hydrogen-bond donors (Lipinski definition) is 1. The van der Waals surface area contributed by atoms with Crippen molar-refractivity contribution in [3.05, 3.63) is 64.2 Å². The third-order valence-corrected chi connectivity index (χ3v) is 4.65. The fraction of sp³-hybridized carbons (Fsp3) is 0.350. The summed E-state index contributed by atoms with van der Waals surface area (Å²) in [6.45, 7) is 1.98. The molecular formula is C20H22ClNO2. The second-order valence-electron chi connectivity index (χ2n) is 6.27. The van der Waals surface area contributed by atoms with Gasteiger partial charge in [0.05, 0.1) is 6.04 Å². The second kappa shape index (κ2) is 7.71. The van der Waals surface area contributed by atoms with Crippen molar-refractivity contribution < 1.29 is 9.53 Å². The predicted molar refractivity (Wildman–Crippen MR) is 96.6 cm³/mol. The van der Waals surface area contributed by atoms with Crippen molar-refractivity contribution in [2.75, 3.05) is 6.61 Å². The number of benzene rings is 2. The molecule has 1 aliphatic rings. The van der Waals surface area contributed by atoms with Crippen LogP contribution in [0.2, 0.25) is 5.02 Å². The van der Waals surface area contributed by atoms with Gasteiger partial charge in [0.15, 0.2) is 6.61 Å². The molecule has 126 valence electrons. The topological polar surface area (TPSA) is 38.3 Å². The molecule has 0 saturated heterocycles. The molecular weight excluding hydrogens is 322 g/mol. The zero-order valence-electron chi connectivity index (χ0n) is 13.8. The van der Waals surface area contributed by atoms with Gasteiger partial charge in [-0.3, -0.25) is 4.79 Å². The van der Waals surface area contributed by atoms with Crippen molar-refractivity contribution in [3.8, 4) is 5.75 Å². The average molecular weight is 344 g/mol. The van der Waals surface area contributed by atoms with Gasteiger partial charge in [-0.15, -0.1) is 0 Å². The van der Waals surface area contributed by atoms with Crippen molar-refractivity contribution in [1.82, 2.24) is 5.32 Å². The lowest BCUT2D eigenvalue weighted by Crippen LogP contribution is -2.31. The van der Waals surface area contributed by atoms with Crippen molar-refractivity contribution >= 4 is 17.5 Å².